The number of hydrogen-bond acceptors (Lipinski definition) is 9. The average Bonchev–Trinajstić information content (AvgIpc) is 3.09. The van der Waals surface area contributed by atoms with E-state index in [0.29, 0.717) is 23.1 Å². The van der Waals surface area contributed by atoms with Gasteiger partial charge in [0.15, 0.2) is 21.9 Å². The molecule has 4 N–H and O–H groups in total. The monoisotopic (exact) mass is 418 g/mol. The highest BCUT2D eigenvalue weighted by Gasteiger charge is 2.54. The number of thioether (sulfide) groups is 1. The van der Waals surface area contributed by atoms with Crippen LogP contribution in [0.4, 0.5) is 11.5 Å². The summed E-state index contributed by atoms with van der Waals surface area (Å²) in [5.41, 5.74) is 6.41. The van der Waals surface area contributed by atoms with Crippen molar-refractivity contribution >= 4 is 34.9 Å². The van der Waals surface area contributed by atoms with E-state index in [0.717, 1.165) is 12.2 Å². The zero-order chi connectivity index (χ0) is 19.6. The Hall–Kier alpha value is -0.840. The van der Waals surface area contributed by atoms with E-state index in [2.05, 4.69) is 22.2 Å². The minimum atomic E-state index is -0.701. The number of anilines is 2. The molecule has 1 aromatic heterocycles. The fourth-order valence-electron chi connectivity index (χ4n) is 3.41. The summed E-state index contributed by atoms with van der Waals surface area (Å²) >= 11 is 7.73. The maximum Gasteiger partial charge on any atom is 0.191 e. The standard InChI is InChI=1S/C17H27ClN4O4S/c1-4-7-27-16-21-14(18)11(19)15(22-16)20-9-8-10(24-6-5-23)13-12(9)25-17(2,3)26-13/h9-10,12-13,23H,4-8,19H2,1-3H3,(H,20,21,22)/t9-,10+,12-,13+/m0/s1. The van der Waals surface area contributed by atoms with Gasteiger partial charge < -0.3 is 30.4 Å². The molecule has 1 saturated heterocycles. The summed E-state index contributed by atoms with van der Waals surface area (Å²) in [5, 5.41) is 13.3. The van der Waals surface area contributed by atoms with E-state index in [9.17, 15) is 0 Å². The SMILES string of the molecule is CCCSc1nc(Cl)c(N)c(N[C@H]2C[C@@H](OCCO)[C@H]3OC(C)(C)O[C@H]32)n1. The Morgan fingerprint density at radius 2 is 2.11 bits per heavy atom. The summed E-state index contributed by atoms with van der Waals surface area (Å²) in [4.78, 5) is 8.76. The highest BCUT2D eigenvalue weighted by Crippen LogP contribution is 2.41. The number of aliphatic hydroxyl groups is 1. The van der Waals surface area contributed by atoms with Crippen molar-refractivity contribution in [3.8, 4) is 0 Å². The summed E-state index contributed by atoms with van der Waals surface area (Å²) in [5.74, 6) is 0.692. The third-order valence-electron chi connectivity index (χ3n) is 4.47. The molecule has 1 saturated carbocycles. The molecule has 1 aliphatic heterocycles. The first-order valence-corrected chi connectivity index (χ1v) is 10.5. The van der Waals surface area contributed by atoms with Crippen LogP contribution in [-0.2, 0) is 14.2 Å². The molecule has 0 spiro atoms. The minimum Gasteiger partial charge on any atom is -0.394 e. The first-order chi connectivity index (χ1) is 12.8. The lowest BCUT2D eigenvalue weighted by Gasteiger charge is -2.24. The van der Waals surface area contributed by atoms with E-state index in [1.165, 1.54) is 11.8 Å². The molecule has 152 valence electrons. The van der Waals surface area contributed by atoms with Gasteiger partial charge in [-0.2, -0.15) is 0 Å². The highest BCUT2D eigenvalue weighted by molar-refractivity contribution is 7.99. The molecule has 0 unspecified atom stereocenters. The van der Waals surface area contributed by atoms with Gasteiger partial charge >= 0.3 is 0 Å². The summed E-state index contributed by atoms with van der Waals surface area (Å²) in [6, 6.07) is -0.113. The van der Waals surface area contributed by atoms with Crippen molar-refractivity contribution in [1.29, 1.82) is 0 Å². The number of nitrogen functional groups attached to an aromatic ring is 1. The zero-order valence-electron chi connectivity index (χ0n) is 15.8. The quantitative estimate of drug-likeness (QED) is 0.332. The first-order valence-electron chi connectivity index (χ1n) is 9.15. The van der Waals surface area contributed by atoms with Gasteiger partial charge in [-0.3, -0.25) is 0 Å². The van der Waals surface area contributed by atoms with Gasteiger partial charge in [0.05, 0.1) is 25.4 Å². The Balaban J connectivity index is 1.79. The molecule has 2 aliphatic rings. The number of ether oxygens (including phenoxy) is 3. The molecule has 2 fully saturated rings. The molecule has 8 nitrogen and oxygen atoms in total. The number of nitrogens with zero attached hydrogens (tertiary/aromatic N) is 2. The Bertz CT molecular complexity index is 666. The number of hydrogen-bond donors (Lipinski definition) is 3. The van der Waals surface area contributed by atoms with E-state index in [1.807, 2.05) is 13.8 Å². The van der Waals surface area contributed by atoms with Gasteiger partial charge in [-0.15, -0.1) is 0 Å². The van der Waals surface area contributed by atoms with Crippen LogP contribution in [0.15, 0.2) is 5.16 Å². The van der Waals surface area contributed by atoms with Crippen LogP contribution in [-0.4, -0.2) is 64.2 Å². The molecule has 1 aliphatic carbocycles. The van der Waals surface area contributed by atoms with Crippen molar-refractivity contribution in [2.75, 3.05) is 30.0 Å². The van der Waals surface area contributed by atoms with Crippen LogP contribution >= 0.6 is 23.4 Å². The fraction of sp³-hybridized carbons (Fsp3) is 0.765. The molecule has 4 atom stereocenters. The third-order valence-corrected chi connectivity index (χ3v) is 5.81. The molecule has 0 bridgehead atoms. The smallest absolute Gasteiger partial charge is 0.191 e. The Morgan fingerprint density at radius 3 is 2.81 bits per heavy atom. The molecule has 1 aromatic rings. The first kappa shape index (κ1) is 20.9. The lowest BCUT2D eigenvalue weighted by molar-refractivity contribution is -0.167. The Kier molecular flexibility index (Phi) is 6.70. The number of nitrogens with two attached hydrogens (primary N) is 1. The van der Waals surface area contributed by atoms with Crippen molar-refractivity contribution in [2.24, 2.45) is 0 Å². The van der Waals surface area contributed by atoms with Gasteiger partial charge in [0, 0.05) is 5.75 Å². The van der Waals surface area contributed by atoms with E-state index < -0.39 is 5.79 Å². The van der Waals surface area contributed by atoms with Crippen LogP contribution < -0.4 is 11.1 Å². The van der Waals surface area contributed by atoms with Gasteiger partial charge in [0.1, 0.15) is 17.9 Å². The summed E-state index contributed by atoms with van der Waals surface area (Å²) in [6.07, 6.45) is 1.02. The number of halogens is 1. The number of rotatable bonds is 8. The largest absolute Gasteiger partial charge is 0.394 e. The van der Waals surface area contributed by atoms with Crippen LogP contribution in [0, 0.1) is 0 Å². The van der Waals surface area contributed by atoms with Crippen LogP contribution in [0.3, 0.4) is 0 Å². The van der Waals surface area contributed by atoms with Crippen LogP contribution in [0.5, 0.6) is 0 Å². The molecular weight excluding hydrogens is 392 g/mol. The van der Waals surface area contributed by atoms with Crippen molar-refractivity contribution in [2.45, 2.75) is 68.9 Å². The summed E-state index contributed by atoms with van der Waals surface area (Å²) < 4.78 is 17.9. The second kappa shape index (κ2) is 8.67. The fourth-order valence-corrected chi connectivity index (χ4v) is 4.33. The molecule has 10 heteroatoms. The zero-order valence-corrected chi connectivity index (χ0v) is 17.3. The summed E-state index contributed by atoms with van der Waals surface area (Å²) in [7, 11) is 0. The minimum absolute atomic E-state index is 0.0390. The van der Waals surface area contributed by atoms with Gasteiger partial charge in [0.25, 0.3) is 0 Å². The number of fused-ring (bicyclic) bond motifs is 1. The van der Waals surface area contributed by atoms with E-state index in [4.69, 9.17) is 36.7 Å². The van der Waals surface area contributed by atoms with Gasteiger partial charge in [-0.05, 0) is 26.7 Å². The van der Waals surface area contributed by atoms with Crippen LogP contribution in [0.1, 0.15) is 33.6 Å². The number of aromatic nitrogens is 2. The third kappa shape index (κ3) is 4.78. The molecular formula is C17H27ClN4O4S. The lowest BCUT2D eigenvalue weighted by Crippen LogP contribution is -2.35. The topological polar surface area (TPSA) is 112 Å². The maximum absolute atomic E-state index is 9.08. The number of aliphatic hydroxyl groups excluding tert-OH is 1. The van der Waals surface area contributed by atoms with Crippen molar-refractivity contribution in [3.05, 3.63) is 5.15 Å². The Morgan fingerprint density at radius 1 is 1.37 bits per heavy atom. The highest BCUT2D eigenvalue weighted by atomic mass is 35.5. The molecule has 3 rings (SSSR count). The van der Waals surface area contributed by atoms with Crippen molar-refractivity contribution < 1.29 is 19.3 Å². The lowest BCUT2D eigenvalue weighted by atomic mass is 10.2. The van der Waals surface area contributed by atoms with Crippen LogP contribution in [0.25, 0.3) is 0 Å². The molecule has 27 heavy (non-hydrogen) atoms. The van der Waals surface area contributed by atoms with Gasteiger partial charge in [-0.1, -0.05) is 30.3 Å². The van der Waals surface area contributed by atoms with Crippen molar-refractivity contribution in [1.82, 2.24) is 9.97 Å². The maximum atomic E-state index is 9.08. The molecule has 0 aromatic carbocycles. The predicted molar refractivity (Wildman–Crippen MR) is 105 cm³/mol. The number of nitrogens with one attached hydrogen (secondary N) is 1. The van der Waals surface area contributed by atoms with E-state index in [1.54, 1.807) is 0 Å². The van der Waals surface area contributed by atoms with Crippen molar-refractivity contribution in [3.63, 3.8) is 0 Å². The second-order valence-corrected chi connectivity index (χ2v) is 8.51. The molecule has 0 radical (unpaired) electrons. The average molecular weight is 419 g/mol. The van der Waals surface area contributed by atoms with E-state index in [-0.39, 0.29) is 42.7 Å². The van der Waals surface area contributed by atoms with E-state index >= 15 is 0 Å². The summed E-state index contributed by atoms with van der Waals surface area (Å²) in [6.45, 7) is 6.06. The van der Waals surface area contributed by atoms with Gasteiger partial charge in [0.2, 0.25) is 0 Å². The molecule has 0 amide bonds. The van der Waals surface area contributed by atoms with Gasteiger partial charge in [-0.25, -0.2) is 9.97 Å². The normalized spacial score (nSPS) is 29.1. The predicted octanol–water partition coefficient (Wildman–Crippen LogP) is 2.30. The Labute approximate surface area is 168 Å². The van der Waals surface area contributed by atoms with Crippen LogP contribution in [0.2, 0.25) is 5.15 Å². The molecule has 2 heterocycles. The second-order valence-electron chi connectivity index (χ2n) is 7.09.